The van der Waals surface area contributed by atoms with Gasteiger partial charge in [-0.25, -0.2) is 4.98 Å². The maximum Gasteiger partial charge on any atom is 0.140 e. The molecule has 38 heavy (non-hydrogen) atoms. The van der Waals surface area contributed by atoms with Crippen LogP contribution in [-0.2, 0) is 11.5 Å². The molecule has 0 unspecified atom stereocenters. The summed E-state index contributed by atoms with van der Waals surface area (Å²) in [6, 6.07) is 44.7. The molecule has 1 heterocycles. The maximum atomic E-state index is 5.12. The van der Waals surface area contributed by atoms with Crippen molar-refractivity contribution in [1.82, 2.24) is 9.55 Å². The van der Waals surface area contributed by atoms with Crippen molar-refractivity contribution in [3.8, 4) is 0 Å². The molecular weight excluding hydrogens is 475 g/mol. The second kappa shape index (κ2) is 10.6. The van der Waals surface area contributed by atoms with Crippen molar-refractivity contribution in [3.05, 3.63) is 151 Å². The van der Waals surface area contributed by atoms with Crippen molar-refractivity contribution in [2.75, 3.05) is 0 Å². The molecule has 6 rings (SSSR count). The minimum atomic E-state index is -2.21. The van der Waals surface area contributed by atoms with Gasteiger partial charge >= 0.3 is 0 Å². The summed E-state index contributed by atoms with van der Waals surface area (Å²) in [5.74, 6) is 1.12. The van der Waals surface area contributed by atoms with E-state index in [2.05, 4.69) is 140 Å². The minimum Gasteiger partial charge on any atom is -0.337 e. The number of aromatic nitrogens is 2. The van der Waals surface area contributed by atoms with E-state index in [0.717, 1.165) is 12.0 Å². The van der Waals surface area contributed by atoms with Crippen LogP contribution in [0, 0.1) is 0 Å². The van der Waals surface area contributed by atoms with E-state index < -0.39 is 8.07 Å². The Kier molecular flexibility index (Phi) is 6.90. The van der Waals surface area contributed by atoms with Gasteiger partial charge in [0, 0.05) is 23.9 Å². The summed E-state index contributed by atoms with van der Waals surface area (Å²) in [5, 5.41) is 2.72. The molecule has 1 saturated carbocycles. The normalized spacial score (nSPS) is 14.5. The van der Waals surface area contributed by atoms with Crippen LogP contribution in [0.1, 0.15) is 42.6 Å². The van der Waals surface area contributed by atoms with Gasteiger partial charge in [0.15, 0.2) is 0 Å². The lowest BCUT2D eigenvalue weighted by atomic mass is 9.59. The molecule has 1 fully saturated rings. The lowest BCUT2D eigenvalue weighted by molar-refractivity contribution is 0.684. The van der Waals surface area contributed by atoms with Crippen molar-refractivity contribution in [2.45, 2.75) is 42.7 Å². The summed E-state index contributed by atoms with van der Waals surface area (Å²) < 4.78 is 2.52. The molecule has 4 aromatic carbocycles. The Balaban J connectivity index is 1.56. The molecule has 0 spiro atoms. The molecule has 1 aliphatic carbocycles. The molecule has 0 bridgehead atoms. The van der Waals surface area contributed by atoms with Gasteiger partial charge in [0.25, 0.3) is 0 Å². The van der Waals surface area contributed by atoms with Crippen LogP contribution in [0.25, 0.3) is 0 Å². The van der Waals surface area contributed by atoms with E-state index in [-0.39, 0.29) is 5.31 Å². The van der Waals surface area contributed by atoms with E-state index in [4.69, 9.17) is 4.98 Å². The minimum absolute atomic E-state index is 0.366. The molecule has 0 radical (unpaired) electrons. The third-order valence-electron chi connectivity index (χ3n) is 8.91. The van der Waals surface area contributed by atoms with Crippen LogP contribution in [0.2, 0.25) is 5.54 Å². The van der Waals surface area contributed by atoms with Gasteiger partial charge in [0.1, 0.15) is 21.7 Å². The summed E-state index contributed by atoms with van der Waals surface area (Å²) in [5.41, 5.74) is 3.25. The molecule has 0 N–H and O–H groups in total. The Morgan fingerprint density at radius 3 is 1.61 bits per heavy atom. The number of benzene rings is 4. The Morgan fingerprint density at radius 1 is 0.684 bits per heavy atom. The first-order valence-electron chi connectivity index (χ1n) is 14.0. The molecule has 1 aromatic heterocycles. The van der Waals surface area contributed by atoms with E-state index in [0.29, 0.717) is 5.54 Å². The predicted octanol–water partition coefficient (Wildman–Crippen LogP) is 5.55. The molecule has 1 aliphatic rings. The molecule has 5 aromatic rings. The van der Waals surface area contributed by atoms with Gasteiger partial charge in [-0.15, -0.1) is 0 Å². The number of rotatable bonds is 8. The Labute approximate surface area is 228 Å². The smallest absolute Gasteiger partial charge is 0.140 e. The Morgan fingerprint density at radius 2 is 1.13 bits per heavy atom. The summed E-state index contributed by atoms with van der Waals surface area (Å²) in [7, 11) is 0.139. The molecule has 2 nitrogen and oxygen atoms in total. The van der Waals surface area contributed by atoms with Crippen molar-refractivity contribution < 1.29 is 0 Å². The zero-order chi connectivity index (χ0) is 25.8. The standard InChI is InChI=1S/C34H35BN2Si/c35-34(28-15-5-1-6-16-28,29-17-7-2-8-18-29)33-36-25-26-37(33)27-38(32-23-13-14-24-32,30-19-9-3-10-20-30)31-21-11-4-12-22-31/h1-12,15-22,25-26,32H,13-14,23-24,27,35H2. The fourth-order valence-electron chi connectivity index (χ4n) is 6.95. The molecule has 0 amide bonds. The highest BCUT2D eigenvalue weighted by Crippen LogP contribution is 2.41. The number of hydrogen-bond acceptors (Lipinski definition) is 1. The molecule has 188 valence electrons. The zero-order valence-electron chi connectivity index (χ0n) is 22.2. The van der Waals surface area contributed by atoms with Gasteiger partial charge in [-0.2, -0.15) is 0 Å². The van der Waals surface area contributed by atoms with Crippen LogP contribution in [-0.4, -0.2) is 25.5 Å². The lowest BCUT2D eigenvalue weighted by Crippen LogP contribution is -2.64. The van der Waals surface area contributed by atoms with Gasteiger partial charge in [0.05, 0.1) is 0 Å². The van der Waals surface area contributed by atoms with E-state index in [9.17, 15) is 0 Å². The Bertz CT molecular complexity index is 1370. The molecule has 4 heteroatoms. The number of imidazole rings is 1. The second-order valence-corrected chi connectivity index (χ2v) is 15.2. The van der Waals surface area contributed by atoms with Crippen molar-refractivity contribution in [1.29, 1.82) is 0 Å². The zero-order valence-corrected chi connectivity index (χ0v) is 23.2. The maximum absolute atomic E-state index is 5.12. The van der Waals surface area contributed by atoms with E-state index >= 15 is 0 Å². The number of nitrogens with zero attached hydrogens (tertiary/aromatic N) is 2. The average molecular weight is 511 g/mol. The topological polar surface area (TPSA) is 17.8 Å². The third kappa shape index (κ3) is 4.27. The molecular formula is C34H35BN2Si. The van der Waals surface area contributed by atoms with E-state index in [1.54, 1.807) is 10.4 Å². The fourth-order valence-corrected chi connectivity index (χ4v) is 12.6. The van der Waals surface area contributed by atoms with Crippen LogP contribution in [0.4, 0.5) is 0 Å². The second-order valence-electron chi connectivity index (χ2n) is 10.9. The SMILES string of the molecule is BC(c1ccccc1)(c1ccccc1)c1nccn1C[Si](c1ccccc1)(c1ccccc1)C1CCCC1. The summed E-state index contributed by atoms with van der Waals surface area (Å²) in [6.07, 6.45) is 10.5. The van der Waals surface area contributed by atoms with Crippen LogP contribution >= 0.6 is 0 Å². The third-order valence-corrected chi connectivity index (χ3v) is 14.5. The molecule has 0 saturated heterocycles. The summed E-state index contributed by atoms with van der Waals surface area (Å²) >= 11 is 0. The highest BCUT2D eigenvalue weighted by atomic mass is 28.3. The van der Waals surface area contributed by atoms with Crippen molar-refractivity contribution in [3.63, 3.8) is 0 Å². The first-order chi connectivity index (χ1) is 18.7. The van der Waals surface area contributed by atoms with Crippen molar-refractivity contribution in [2.24, 2.45) is 0 Å². The van der Waals surface area contributed by atoms with Gasteiger partial charge in [-0.1, -0.05) is 157 Å². The van der Waals surface area contributed by atoms with E-state index in [1.807, 2.05) is 6.20 Å². The van der Waals surface area contributed by atoms with Crippen molar-refractivity contribution >= 4 is 26.3 Å². The lowest BCUT2D eigenvalue weighted by Gasteiger charge is -2.40. The van der Waals surface area contributed by atoms with E-state index in [1.165, 1.54) is 36.8 Å². The van der Waals surface area contributed by atoms with Crippen LogP contribution in [0.5, 0.6) is 0 Å². The predicted molar refractivity (Wildman–Crippen MR) is 164 cm³/mol. The Hall–Kier alpha value is -3.63. The van der Waals surface area contributed by atoms with Crippen LogP contribution < -0.4 is 10.4 Å². The fraction of sp³-hybridized carbons (Fsp3) is 0.206. The summed E-state index contributed by atoms with van der Waals surface area (Å²) in [4.78, 5) is 5.12. The molecule has 0 aliphatic heterocycles. The quantitative estimate of drug-likeness (QED) is 0.250. The van der Waals surface area contributed by atoms with Gasteiger partial charge < -0.3 is 4.57 Å². The highest BCUT2D eigenvalue weighted by Gasteiger charge is 2.47. The number of hydrogen-bond donors (Lipinski definition) is 0. The van der Waals surface area contributed by atoms with Gasteiger partial charge in [0.2, 0.25) is 0 Å². The largest absolute Gasteiger partial charge is 0.337 e. The monoisotopic (exact) mass is 510 g/mol. The van der Waals surface area contributed by atoms with Gasteiger partial charge in [-0.3, -0.25) is 0 Å². The first kappa shape index (κ1) is 24.7. The average Bonchev–Trinajstić information content (AvgIpc) is 3.71. The van der Waals surface area contributed by atoms with Gasteiger partial charge in [-0.05, 0) is 16.7 Å². The molecule has 0 atom stereocenters. The summed E-state index contributed by atoms with van der Waals surface area (Å²) in [6.45, 7) is 0. The highest BCUT2D eigenvalue weighted by molar-refractivity contribution is 7.02. The first-order valence-corrected chi connectivity index (χ1v) is 16.2. The van der Waals surface area contributed by atoms with Crippen LogP contribution in [0.15, 0.2) is 134 Å². The van der Waals surface area contributed by atoms with Crippen LogP contribution in [0.3, 0.4) is 0 Å².